The first-order chi connectivity index (χ1) is 8.82. The number of rotatable bonds is 6. The van der Waals surface area contributed by atoms with Gasteiger partial charge in [-0.05, 0) is 41.5 Å². The summed E-state index contributed by atoms with van der Waals surface area (Å²) in [6, 6.07) is 4.43. The molecular weight excluding hydrogens is 324 g/mol. The minimum Gasteiger partial charge on any atom is -0.229 e. The van der Waals surface area contributed by atoms with Crippen molar-refractivity contribution in [2.24, 2.45) is 0 Å². The zero-order chi connectivity index (χ0) is 14.6. The van der Waals surface area contributed by atoms with Crippen LogP contribution < -0.4 is 0 Å². The Kier molecular flexibility index (Phi) is 6.06. The molecule has 0 fully saturated rings. The average molecular weight is 347 g/mol. The van der Waals surface area contributed by atoms with Gasteiger partial charge in [0.25, 0.3) is 0 Å². The van der Waals surface area contributed by atoms with E-state index in [2.05, 4.69) is 48.8 Å². The SMILES string of the molecule is CCc1cc(CC)c(C(Br)CS(C)(=O)=O)c(CC)c1. The van der Waals surface area contributed by atoms with Crippen LogP contribution in [-0.4, -0.2) is 20.4 Å². The normalized spacial score (nSPS) is 13.5. The molecule has 108 valence electrons. The van der Waals surface area contributed by atoms with Crippen LogP contribution in [0.25, 0.3) is 0 Å². The van der Waals surface area contributed by atoms with Crippen LogP contribution in [0.1, 0.15) is 47.9 Å². The third kappa shape index (κ3) is 4.60. The topological polar surface area (TPSA) is 34.1 Å². The van der Waals surface area contributed by atoms with E-state index in [1.807, 2.05) is 0 Å². The smallest absolute Gasteiger partial charge is 0.148 e. The van der Waals surface area contributed by atoms with Gasteiger partial charge in [0.05, 0.1) is 10.6 Å². The second-order valence-corrected chi connectivity index (χ2v) is 8.24. The first-order valence-electron chi connectivity index (χ1n) is 6.78. The Morgan fingerprint density at radius 1 is 1.05 bits per heavy atom. The van der Waals surface area contributed by atoms with E-state index >= 15 is 0 Å². The molecule has 4 heteroatoms. The standard InChI is InChI=1S/C15H23BrO2S/c1-5-11-8-12(6-2)15(13(7-3)9-11)14(16)10-19(4,17)18/h8-9,14H,5-7,10H2,1-4H3. The van der Waals surface area contributed by atoms with Crippen molar-refractivity contribution in [2.75, 3.05) is 12.0 Å². The van der Waals surface area contributed by atoms with Gasteiger partial charge in [-0.2, -0.15) is 0 Å². The molecule has 0 N–H and O–H groups in total. The number of halogens is 1. The fourth-order valence-electron chi connectivity index (χ4n) is 2.39. The number of sulfone groups is 1. The van der Waals surface area contributed by atoms with Gasteiger partial charge in [0.2, 0.25) is 0 Å². The molecule has 0 aliphatic carbocycles. The largest absolute Gasteiger partial charge is 0.229 e. The fraction of sp³-hybridized carbons (Fsp3) is 0.600. The summed E-state index contributed by atoms with van der Waals surface area (Å²) in [5.74, 6) is 0.151. The summed E-state index contributed by atoms with van der Waals surface area (Å²) in [6.07, 6.45) is 4.17. The lowest BCUT2D eigenvalue weighted by molar-refractivity contribution is 0.600. The van der Waals surface area contributed by atoms with Gasteiger partial charge in [-0.15, -0.1) is 0 Å². The van der Waals surface area contributed by atoms with Crippen molar-refractivity contribution in [3.8, 4) is 0 Å². The van der Waals surface area contributed by atoms with Gasteiger partial charge in [-0.3, -0.25) is 0 Å². The summed E-state index contributed by atoms with van der Waals surface area (Å²) in [7, 11) is -2.98. The quantitative estimate of drug-likeness (QED) is 0.733. The minimum absolute atomic E-state index is 0.113. The maximum absolute atomic E-state index is 11.5. The van der Waals surface area contributed by atoms with Crippen molar-refractivity contribution < 1.29 is 8.42 Å². The summed E-state index contributed by atoms with van der Waals surface area (Å²) < 4.78 is 23.0. The summed E-state index contributed by atoms with van der Waals surface area (Å²) in [6.45, 7) is 6.39. The molecule has 0 aliphatic rings. The molecule has 1 rings (SSSR count). The molecule has 0 aliphatic heterocycles. The molecule has 0 aromatic heterocycles. The van der Waals surface area contributed by atoms with Gasteiger partial charge in [0, 0.05) is 6.26 Å². The minimum atomic E-state index is -2.98. The Balaban J connectivity index is 3.31. The maximum atomic E-state index is 11.5. The van der Waals surface area contributed by atoms with Gasteiger partial charge < -0.3 is 0 Å². The van der Waals surface area contributed by atoms with Crippen molar-refractivity contribution in [1.82, 2.24) is 0 Å². The number of aryl methyl sites for hydroxylation is 3. The third-order valence-electron chi connectivity index (χ3n) is 3.34. The molecule has 0 spiro atoms. The summed E-state index contributed by atoms with van der Waals surface area (Å²) >= 11 is 3.57. The Morgan fingerprint density at radius 2 is 1.53 bits per heavy atom. The first-order valence-corrected chi connectivity index (χ1v) is 9.76. The Labute approximate surface area is 125 Å². The van der Waals surface area contributed by atoms with E-state index in [0.717, 1.165) is 19.3 Å². The monoisotopic (exact) mass is 346 g/mol. The maximum Gasteiger partial charge on any atom is 0.148 e. The molecule has 1 unspecified atom stereocenters. The molecule has 0 saturated heterocycles. The summed E-state index contributed by atoms with van der Waals surface area (Å²) in [5.41, 5.74) is 5.03. The highest BCUT2D eigenvalue weighted by atomic mass is 79.9. The Bertz CT molecular complexity index is 510. The van der Waals surface area contributed by atoms with E-state index in [1.165, 1.54) is 28.5 Å². The van der Waals surface area contributed by atoms with Crippen LogP contribution in [-0.2, 0) is 29.1 Å². The highest BCUT2D eigenvalue weighted by Crippen LogP contribution is 2.32. The van der Waals surface area contributed by atoms with E-state index in [9.17, 15) is 8.42 Å². The van der Waals surface area contributed by atoms with Crippen LogP contribution in [0.4, 0.5) is 0 Å². The molecule has 2 nitrogen and oxygen atoms in total. The number of alkyl halides is 1. The van der Waals surface area contributed by atoms with E-state index in [1.54, 1.807) is 0 Å². The number of benzene rings is 1. The predicted octanol–water partition coefficient (Wildman–Crippen LogP) is 3.85. The van der Waals surface area contributed by atoms with Crippen LogP contribution in [0, 0.1) is 0 Å². The molecule has 0 amide bonds. The molecule has 1 aromatic rings. The van der Waals surface area contributed by atoms with Crippen LogP contribution in [0.2, 0.25) is 0 Å². The molecule has 1 atom stereocenters. The van der Waals surface area contributed by atoms with Crippen molar-refractivity contribution in [2.45, 2.75) is 44.9 Å². The number of hydrogen-bond acceptors (Lipinski definition) is 2. The fourth-order valence-corrected chi connectivity index (χ4v) is 5.12. The lowest BCUT2D eigenvalue weighted by Gasteiger charge is -2.19. The van der Waals surface area contributed by atoms with E-state index in [0.29, 0.717) is 0 Å². The van der Waals surface area contributed by atoms with Crippen LogP contribution in [0.15, 0.2) is 12.1 Å². The van der Waals surface area contributed by atoms with Gasteiger partial charge in [0.1, 0.15) is 9.84 Å². The Morgan fingerprint density at radius 3 is 1.84 bits per heavy atom. The number of hydrogen-bond donors (Lipinski definition) is 0. The molecular formula is C15H23BrO2S. The Hall–Kier alpha value is -0.350. The molecule has 0 radical (unpaired) electrons. The van der Waals surface area contributed by atoms with E-state index in [-0.39, 0.29) is 10.6 Å². The molecule has 1 aromatic carbocycles. The van der Waals surface area contributed by atoms with Crippen molar-refractivity contribution in [1.29, 1.82) is 0 Å². The molecule has 19 heavy (non-hydrogen) atoms. The van der Waals surface area contributed by atoms with Crippen molar-refractivity contribution in [3.63, 3.8) is 0 Å². The third-order valence-corrected chi connectivity index (χ3v) is 5.49. The van der Waals surface area contributed by atoms with Gasteiger partial charge >= 0.3 is 0 Å². The molecule has 0 saturated carbocycles. The summed E-state index contributed by atoms with van der Waals surface area (Å²) in [4.78, 5) is -0.113. The van der Waals surface area contributed by atoms with Crippen molar-refractivity contribution >= 4 is 25.8 Å². The predicted molar refractivity (Wildman–Crippen MR) is 86.0 cm³/mol. The second kappa shape index (κ2) is 6.89. The second-order valence-electron chi connectivity index (χ2n) is 4.95. The van der Waals surface area contributed by atoms with Crippen molar-refractivity contribution in [3.05, 3.63) is 34.4 Å². The van der Waals surface area contributed by atoms with E-state index < -0.39 is 9.84 Å². The van der Waals surface area contributed by atoms with E-state index in [4.69, 9.17) is 0 Å². The van der Waals surface area contributed by atoms with Crippen LogP contribution in [0.5, 0.6) is 0 Å². The van der Waals surface area contributed by atoms with Crippen LogP contribution >= 0.6 is 15.9 Å². The molecule has 0 bridgehead atoms. The summed E-state index contributed by atoms with van der Waals surface area (Å²) in [5, 5.41) is 0. The zero-order valence-electron chi connectivity index (χ0n) is 12.2. The van der Waals surface area contributed by atoms with Crippen LogP contribution in [0.3, 0.4) is 0 Å². The lowest BCUT2D eigenvalue weighted by atomic mass is 9.92. The molecule has 0 heterocycles. The zero-order valence-corrected chi connectivity index (χ0v) is 14.6. The van der Waals surface area contributed by atoms with Gasteiger partial charge in [-0.25, -0.2) is 8.42 Å². The van der Waals surface area contributed by atoms with Gasteiger partial charge in [0.15, 0.2) is 0 Å². The highest BCUT2D eigenvalue weighted by Gasteiger charge is 2.20. The van der Waals surface area contributed by atoms with Gasteiger partial charge in [-0.1, -0.05) is 48.8 Å². The first kappa shape index (κ1) is 16.7. The lowest BCUT2D eigenvalue weighted by Crippen LogP contribution is -2.12. The highest BCUT2D eigenvalue weighted by molar-refractivity contribution is 9.09. The average Bonchev–Trinajstić information content (AvgIpc) is 2.34.